The molecule has 178 valence electrons. The van der Waals surface area contributed by atoms with Crippen LogP contribution in [0, 0.1) is 0 Å². The zero-order chi connectivity index (χ0) is 24.4. The van der Waals surface area contributed by atoms with Gasteiger partial charge in [0.05, 0.1) is 16.7 Å². The van der Waals surface area contributed by atoms with Gasteiger partial charge in [-0.3, -0.25) is 14.5 Å². The Kier molecular flexibility index (Phi) is 6.42. The van der Waals surface area contributed by atoms with Crippen molar-refractivity contribution < 1.29 is 14.3 Å². The van der Waals surface area contributed by atoms with E-state index in [1.54, 1.807) is 18.2 Å². The Hall–Kier alpha value is -3.84. The van der Waals surface area contributed by atoms with Crippen molar-refractivity contribution in [2.75, 3.05) is 16.8 Å². The summed E-state index contributed by atoms with van der Waals surface area (Å²) in [7, 11) is 0. The van der Waals surface area contributed by atoms with Gasteiger partial charge in [0, 0.05) is 17.1 Å². The number of imidazole rings is 1. The van der Waals surface area contributed by atoms with Crippen LogP contribution in [0.1, 0.15) is 24.7 Å². The highest BCUT2D eigenvalue weighted by Crippen LogP contribution is 2.36. The number of amides is 2. The van der Waals surface area contributed by atoms with Crippen molar-refractivity contribution >= 4 is 45.8 Å². The first-order valence-electron chi connectivity index (χ1n) is 11.6. The van der Waals surface area contributed by atoms with Crippen LogP contribution in [-0.2, 0) is 22.4 Å². The highest BCUT2D eigenvalue weighted by Gasteiger charge is 2.34. The Morgan fingerprint density at radius 1 is 1.11 bits per heavy atom. The van der Waals surface area contributed by atoms with E-state index in [0.717, 1.165) is 35.3 Å². The number of para-hydroxylation sites is 2. The van der Waals surface area contributed by atoms with Crippen LogP contribution >= 0.6 is 11.6 Å². The van der Waals surface area contributed by atoms with Crippen LogP contribution in [0.4, 0.5) is 11.4 Å². The molecule has 0 radical (unpaired) electrons. The second-order valence-corrected chi connectivity index (χ2v) is 8.93. The highest BCUT2D eigenvalue weighted by molar-refractivity contribution is 6.31. The number of aromatic amines is 1. The third kappa shape index (κ3) is 5.00. The van der Waals surface area contributed by atoms with Crippen molar-refractivity contribution in [3.05, 3.63) is 83.1 Å². The maximum atomic E-state index is 12.9. The average molecular weight is 489 g/mol. The molecule has 3 aromatic carbocycles. The van der Waals surface area contributed by atoms with Gasteiger partial charge < -0.3 is 15.0 Å². The molecule has 0 fully saturated rings. The van der Waals surface area contributed by atoms with Gasteiger partial charge >= 0.3 is 0 Å². The molecule has 1 aliphatic heterocycles. The number of aryl methyl sites for hydroxylation is 2. The van der Waals surface area contributed by atoms with E-state index in [2.05, 4.69) is 15.3 Å². The molecule has 1 atom stereocenters. The number of ether oxygens (including phenoxy) is 1. The Balaban J connectivity index is 1.21. The maximum absolute atomic E-state index is 12.9. The molecule has 1 aliphatic rings. The van der Waals surface area contributed by atoms with Gasteiger partial charge in [0.25, 0.3) is 5.91 Å². The second-order valence-electron chi connectivity index (χ2n) is 8.50. The molecule has 8 heteroatoms. The van der Waals surface area contributed by atoms with Gasteiger partial charge in [-0.05, 0) is 60.9 Å². The van der Waals surface area contributed by atoms with E-state index < -0.39 is 6.10 Å². The van der Waals surface area contributed by atoms with Crippen LogP contribution < -0.4 is 15.0 Å². The molecule has 0 saturated carbocycles. The van der Waals surface area contributed by atoms with Crippen molar-refractivity contribution in [3.63, 3.8) is 0 Å². The van der Waals surface area contributed by atoms with Gasteiger partial charge in [-0.15, -0.1) is 0 Å². The molecule has 0 spiro atoms. The summed E-state index contributed by atoms with van der Waals surface area (Å²) in [6.45, 7) is 1.75. The molecule has 2 amide bonds. The number of anilines is 2. The number of nitrogens with zero attached hydrogens (tertiary/aromatic N) is 2. The topological polar surface area (TPSA) is 87.3 Å². The van der Waals surface area contributed by atoms with Crippen LogP contribution in [0.25, 0.3) is 11.0 Å². The molecule has 7 nitrogen and oxygen atoms in total. The molecular formula is C27H25ClN4O3. The third-order valence-corrected chi connectivity index (χ3v) is 6.26. The van der Waals surface area contributed by atoms with E-state index in [1.165, 1.54) is 4.90 Å². The fourth-order valence-corrected chi connectivity index (χ4v) is 4.37. The lowest BCUT2D eigenvalue weighted by molar-refractivity contribution is -0.128. The summed E-state index contributed by atoms with van der Waals surface area (Å²) in [5.41, 5.74) is 4.31. The van der Waals surface area contributed by atoms with Gasteiger partial charge in [0.2, 0.25) is 5.91 Å². The van der Waals surface area contributed by atoms with Gasteiger partial charge in [-0.2, -0.15) is 0 Å². The summed E-state index contributed by atoms with van der Waals surface area (Å²) in [5.74, 6) is 0.946. The Labute approximate surface area is 208 Å². The minimum absolute atomic E-state index is 0.125. The highest BCUT2D eigenvalue weighted by atomic mass is 35.5. The monoisotopic (exact) mass is 488 g/mol. The number of nitrogens with one attached hydrogen (secondary N) is 2. The number of halogens is 1. The van der Waals surface area contributed by atoms with Crippen LogP contribution in [0.5, 0.6) is 5.75 Å². The molecule has 5 rings (SSSR count). The summed E-state index contributed by atoms with van der Waals surface area (Å²) in [4.78, 5) is 35.1. The molecule has 2 heterocycles. The minimum atomic E-state index is -0.623. The summed E-state index contributed by atoms with van der Waals surface area (Å²) in [6, 6.07) is 20.8. The molecular weight excluding hydrogens is 464 g/mol. The molecule has 0 aliphatic carbocycles. The number of H-pyrrole nitrogens is 1. The first-order chi connectivity index (χ1) is 17.0. The summed E-state index contributed by atoms with van der Waals surface area (Å²) in [5, 5.41) is 3.35. The van der Waals surface area contributed by atoms with Crippen molar-refractivity contribution in [3.8, 4) is 5.75 Å². The number of hydrogen-bond donors (Lipinski definition) is 2. The van der Waals surface area contributed by atoms with Gasteiger partial charge in [0.15, 0.2) is 6.10 Å². The smallest absolute Gasteiger partial charge is 0.268 e. The van der Waals surface area contributed by atoms with Crippen LogP contribution in [0.2, 0.25) is 5.02 Å². The molecule has 1 aromatic heterocycles. The number of carbonyl (C=O) groups is 2. The predicted molar refractivity (Wildman–Crippen MR) is 137 cm³/mol. The molecule has 0 bridgehead atoms. The van der Waals surface area contributed by atoms with Gasteiger partial charge in [-0.1, -0.05) is 42.8 Å². The SMILES string of the molecule is CCC1Oc2ccc(Cl)cc2N(CC(=O)Nc2ccc(CCc3nc4ccccc4[nH]3)cc2)C1=O. The first kappa shape index (κ1) is 22.9. The standard InChI is InChI=1S/C27H25ClN4O3/c1-2-23-27(34)32(22-15-18(28)10-13-24(22)35-23)16-26(33)29-19-11-7-17(8-12-19)9-14-25-30-20-5-3-4-6-21(20)31-25/h3-8,10-13,15,23H,2,9,14,16H2,1H3,(H,29,33)(H,30,31). The fraction of sp³-hybridized carbons (Fsp3) is 0.222. The van der Waals surface area contributed by atoms with Crippen LogP contribution in [-0.4, -0.2) is 34.4 Å². The van der Waals surface area contributed by atoms with Crippen molar-refractivity contribution in [2.24, 2.45) is 0 Å². The van der Waals surface area contributed by atoms with Crippen molar-refractivity contribution in [1.29, 1.82) is 0 Å². The molecule has 4 aromatic rings. The first-order valence-corrected chi connectivity index (χ1v) is 12.0. The summed E-state index contributed by atoms with van der Waals surface area (Å²) >= 11 is 6.13. The van der Waals surface area contributed by atoms with Gasteiger partial charge in [0.1, 0.15) is 18.1 Å². The number of benzene rings is 3. The third-order valence-electron chi connectivity index (χ3n) is 6.02. The Bertz CT molecular complexity index is 1350. The number of hydrogen-bond acceptors (Lipinski definition) is 4. The Morgan fingerprint density at radius 3 is 2.69 bits per heavy atom. The fourth-order valence-electron chi connectivity index (χ4n) is 4.20. The zero-order valence-electron chi connectivity index (χ0n) is 19.3. The Morgan fingerprint density at radius 2 is 1.91 bits per heavy atom. The van der Waals surface area contributed by atoms with E-state index in [9.17, 15) is 9.59 Å². The van der Waals surface area contributed by atoms with E-state index in [4.69, 9.17) is 16.3 Å². The van der Waals surface area contributed by atoms with Crippen LogP contribution in [0.15, 0.2) is 66.7 Å². The number of aromatic nitrogens is 2. The normalized spacial score (nSPS) is 15.1. The second kappa shape index (κ2) is 9.80. The van der Waals surface area contributed by atoms with E-state index in [0.29, 0.717) is 28.6 Å². The lowest BCUT2D eigenvalue weighted by atomic mass is 10.1. The van der Waals surface area contributed by atoms with E-state index in [1.807, 2.05) is 55.5 Å². The molecule has 0 saturated heterocycles. The van der Waals surface area contributed by atoms with E-state index in [-0.39, 0.29) is 18.4 Å². The van der Waals surface area contributed by atoms with Crippen LogP contribution in [0.3, 0.4) is 0 Å². The maximum Gasteiger partial charge on any atom is 0.268 e. The summed E-state index contributed by atoms with van der Waals surface area (Å²) < 4.78 is 5.78. The lowest BCUT2D eigenvalue weighted by Gasteiger charge is -2.33. The van der Waals surface area contributed by atoms with Crippen molar-refractivity contribution in [1.82, 2.24) is 9.97 Å². The predicted octanol–water partition coefficient (Wildman–Crippen LogP) is 5.14. The molecule has 35 heavy (non-hydrogen) atoms. The average Bonchev–Trinajstić information content (AvgIpc) is 3.28. The number of carbonyl (C=O) groups excluding carboxylic acids is 2. The number of fused-ring (bicyclic) bond motifs is 2. The minimum Gasteiger partial charge on any atom is -0.478 e. The quantitative estimate of drug-likeness (QED) is 0.377. The van der Waals surface area contributed by atoms with Crippen molar-refractivity contribution in [2.45, 2.75) is 32.3 Å². The lowest BCUT2D eigenvalue weighted by Crippen LogP contribution is -2.48. The largest absolute Gasteiger partial charge is 0.478 e. The zero-order valence-corrected chi connectivity index (χ0v) is 20.0. The van der Waals surface area contributed by atoms with E-state index >= 15 is 0 Å². The molecule has 2 N–H and O–H groups in total. The van der Waals surface area contributed by atoms with Gasteiger partial charge in [-0.25, -0.2) is 4.98 Å². The summed E-state index contributed by atoms with van der Waals surface area (Å²) in [6.07, 6.45) is 1.50. The molecule has 1 unspecified atom stereocenters. The number of rotatable bonds is 7.